The second-order valence-corrected chi connectivity index (χ2v) is 6.75. The molecule has 0 aliphatic heterocycles. The van der Waals surface area contributed by atoms with Crippen molar-refractivity contribution in [2.45, 2.75) is 39.8 Å². The number of methoxy groups -OCH3 is 2. The summed E-state index contributed by atoms with van der Waals surface area (Å²) >= 11 is 0. The second-order valence-electron chi connectivity index (χ2n) is 6.75. The fourth-order valence-corrected chi connectivity index (χ4v) is 2.79. The molecular formula is C18H21NO7. The Balaban J connectivity index is 2.64. The number of hydrogen-bond donors (Lipinski definition) is 0. The van der Waals surface area contributed by atoms with E-state index in [0.29, 0.717) is 0 Å². The average Bonchev–Trinajstić information content (AvgIpc) is 2.82. The summed E-state index contributed by atoms with van der Waals surface area (Å²) in [5, 5.41) is 0. The molecule has 140 valence electrons. The Morgan fingerprint density at radius 2 is 1.77 bits per heavy atom. The highest BCUT2D eigenvalue weighted by Crippen LogP contribution is 2.30. The van der Waals surface area contributed by atoms with Crippen LogP contribution in [0.15, 0.2) is 11.8 Å². The lowest BCUT2D eigenvalue weighted by Crippen LogP contribution is -2.29. The zero-order valence-electron chi connectivity index (χ0n) is 15.6. The molecule has 0 spiro atoms. The van der Waals surface area contributed by atoms with Crippen molar-refractivity contribution in [1.82, 2.24) is 4.57 Å². The molecule has 0 saturated heterocycles. The molecule has 1 aliphatic carbocycles. The minimum atomic E-state index is -0.767. The van der Waals surface area contributed by atoms with E-state index in [1.54, 1.807) is 20.8 Å². The lowest BCUT2D eigenvalue weighted by Gasteiger charge is -2.21. The summed E-state index contributed by atoms with van der Waals surface area (Å²) < 4.78 is 16.3. The molecule has 2 rings (SSSR count). The summed E-state index contributed by atoms with van der Waals surface area (Å²) in [6, 6.07) is 0. The molecule has 8 heteroatoms. The fraction of sp³-hybridized carbons (Fsp3) is 0.444. The van der Waals surface area contributed by atoms with Crippen molar-refractivity contribution in [3.63, 3.8) is 0 Å². The first-order valence-electron chi connectivity index (χ1n) is 7.89. The molecular weight excluding hydrogens is 342 g/mol. The summed E-state index contributed by atoms with van der Waals surface area (Å²) in [5.41, 5.74) is -0.682. The van der Waals surface area contributed by atoms with Gasteiger partial charge in [-0.2, -0.15) is 0 Å². The Labute approximate surface area is 150 Å². The van der Waals surface area contributed by atoms with Gasteiger partial charge >= 0.3 is 11.9 Å². The lowest BCUT2D eigenvalue weighted by atomic mass is 9.96. The smallest absolute Gasteiger partial charge is 0.340 e. The maximum Gasteiger partial charge on any atom is 0.340 e. The minimum absolute atomic E-state index is 0.0455. The summed E-state index contributed by atoms with van der Waals surface area (Å²) in [6.45, 7) is 6.33. The SMILES string of the molecule is COC(=O)c1c2c(n(CC(=O)OC(C)(C)C)c1C)C(=O)C(OC)=CC2=O. The lowest BCUT2D eigenvalue weighted by molar-refractivity contribution is -0.155. The number of carbonyl (C=O) groups excluding carboxylic acids is 4. The molecule has 1 aromatic rings. The number of ketones is 2. The van der Waals surface area contributed by atoms with E-state index >= 15 is 0 Å². The van der Waals surface area contributed by atoms with Crippen molar-refractivity contribution < 1.29 is 33.4 Å². The number of ether oxygens (including phenoxy) is 3. The molecule has 8 nitrogen and oxygen atoms in total. The molecule has 1 heterocycles. The quantitative estimate of drug-likeness (QED) is 0.752. The topological polar surface area (TPSA) is 101 Å². The molecule has 1 aromatic heterocycles. The Bertz CT molecular complexity index is 837. The Morgan fingerprint density at radius 3 is 2.27 bits per heavy atom. The van der Waals surface area contributed by atoms with Crippen LogP contribution in [0.25, 0.3) is 0 Å². The van der Waals surface area contributed by atoms with Crippen LogP contribution in [0.3, 0.4) is 0 Å². The van der Waals surface area contributed by atoms with Gasteiger partial charge in [0.25, 0.3) is 0 Å². The Kier molecular flexibility index (Phi) is 5.06. The van der Waals surface area contributed by atoms with Crippen molar-refractivity contribution in [3.8, 4) is 0 Å². The summed E-state index contributed by atoms with van der Waals surface area (Å²) in [7, 11) is 2.43. The maximum atomic E-state index is 12.7. The first kappa shape index (κ1) is 19.4. The number of hydrogen-bond acceptors (Lipinski definition) is 7. The highest BCUT2D eigenvalue weighted by molar-refractivity contribution is 6.26. The van der Waals surface area contributed by atoms with E-state index in [4.69, 9.17) is 14.2 Å². The molecule has 0 saturated carbocycles. The standard InChI is InChI=1S/C18H21NO7/c1-9-13(17(23)25-6)14-10(20)7-11(24-5)16(22)15(14)19(9)8-12(21)26-18(2,3)4/h7H,8H2,1-6H3. The van der Waals surface area contributed by atoms with Crippen molar-refractivity contribution >= 4 is 23.5 Å². The van der Waals surface area contributed by atoms with Crippen molar-refractivity contribution in [1.29, 1.82) is 0 Å². The van der Waals surface area contributed by atoms with Gasteiger partial charge in [-0.05, 0) is 27.7 Å². The first-order chi connectivity index (χ1) is 12.0. The monoisotopic (exact) mass is 363 g/mol. The van der Waals surface area contributed by atoms with E-state index in [2.05, 4.69) is 0 Å². The number of esters is 2. The highest BCUT2D eigenvalue weighted by atomic mass is 16.6. The van der Waals surface area contributed by atoms with E-state index in [1.807, 2.05) is 0 Å². The molecule has 0 amide bonds. The molecule has 0 radical (unpaired) electrons. The van der Waals surface area contributed by atoms with Crippen LogP contribution in [0.2, 0.25) is 0 Å². The van der Waals surface area contributed by atoms with Crippen LogP contribution in [-0.2, 0) is 25.5 Å². The van der Waals surface area contributed by atoms with Crippen LogP contribution in [-0.4, -0.2) is 47.9 Å². The molecule has 0 N–H and O–H groups in total. The van der Waals surface area contributed by atoms with E-state index in [9.17, 15) is 19.2 Å². The number of nitrogens with zero attached hydrogens (tertiary/aromatic N) is 1. The molecule has 0 aromatic carbocycles. The van der Waals surface area contributed by atoms with Gasteiger partial charge in [-0.25, -0.2) is 4.79 Å². The third-order valence-electron chi connectivity index (χ3n) is 3.79. The summed E-state index contributed by atoms with van der Waals surface area (Å²) in [6.07, 6.45) is 1.02. The fourth-order valence-electron chi connectivity index (χ4n) is 2.79. The maximum absolute atomic E-state index is 12.7. The molecule has 0 bridgehead atoms. The van der Waals surface area contributed by atoms with Gasteiger partial charge in [-0.3, -0.25) is 14.4 Å². The minimum Gasteiger partial charge on any atom is -0.492 e. The number of rotatable bonds is 4. The predicted octanol–water partition coefficient (Wildman–Crippen LogP) is 1.83. The number of Topliss-reactive ketones (excluding diaryl/α,β-unsaturated/α-hetero) is 1. The van der Waals surface area contributed by atoms with Crippen LogP contribution in [0.5, 0.6) is 0 Å². The van der Waals surface area contributed by atoms with Gasteiger partial charge in [-0.15, -0.1) is 0 Å². The van der Waals surface area contributed by atoms with Crippen LogP contribution in [0.1, 0.15) is 57.7 Å². The molecule has 26 heavy (non-hydrogen) atoms. The van der Waals surface area contributed by atoms with Crippen molar-refractivity contribution in [2.24, 2.45) is 0 Å². The van der Waals surface area contributed by atoms with Crippen LogP contribution >= 0.6 is 0 Å². The van der Waals surface area contributed by atoms with Gasteiger partial charge in [0.15, 0.2) is 11.5 Å². The Hall–Kier alpha value is -2.90. The molecule has 0 fully saturated rings. The van der Waals surface area contributed by atoms with Gasteiger partial charge in [0, 0.05) is 11.8 Å². The van der Waals surface area contributed by atoms with Crippen LogP contribution in [0, 0.1) is 6.92 Å². The van der Waals surface area contributed by atoms with E-state index in [1.165, 1.54) is 25.7 Å². The number of allylic oxidation sites excluding steroid dienone is 2. The number of fused-ring (bicyclic) bond motifs is 1. The van der Waals surface area contributed by atoms with Gasteiger partial charge < -0.3 is 18.8 Å². The van der Waals surface area contributed by atoms with Crippen molar-refractivity contribution in [2.75, 3.05) is 14.2 Å². The van der Waals surface area contributed by atoms with E-state index in [0.717, 1.165) is 6.08 Å². The average molecular weight is 363 g/mol. The number of carbonyl (C=O) groups is 4. The second kappa shape index (κ2) is 6.78. The van der Waals surface area contributed by atoms with E-state index < -0.39 is 29.1 Å². The van der Waals surface area contributed by atoms with Crippen LogP contribution in [0.4, 0.5) is 0 Å². The van der Waals surface area contributed by atoms with Gasteiger partial charge in [0.05, 0.1) is 25.3 Å². The largest absolute Gasteiger partial charge is 0.492 e. The predicted molar refractivity (Wildman–Crippen MR) is 90.1 cm³/mol. The summed E-state index contributed by atoms with van der Waals surface area (Å²) in [4.78, 5) is 49.6. The molecule has 0 atom stereocenters. The Morgan fingerprint density at radius 1 is 1.15 bits per heavy atom. The van der Waals surface area contributed by atoms with Gasteiger partial charge in [0.2, 0.25) is 5.78 Å². The van der Waals surface area contributed by atoms with Crippen LogP contribution < -0.4 is 0 Å². The third-order valence-corrected chi connectivity index (χ3v) is 3.79. The first-order valence-corrected chi connectivity index (χ1v) is 7.89. The normalized spacial score (nSPS) is 13.8. The number of aromatic nitrogens is 1. The zero-order chi connectivity index (χ0) is 19.8. The van der Waals surface area contributed by atoms with Gasteiger partial charge in [0.1, 0.15) is 17.8 Å². The van der Waals surface area contributed by atoms with E-state index in [-0.39, 0.29) is 34.8 Å². The molecule has 1 aliphatic rings. The molecule has 0 unspecified atom stereocenters. The third kappa shape index (κ3) is 3.40. The van der Waals surface area contributed by atoms with Crippen molar-refractivity contribution in [3.05, 3.63) is 34.3 Å². The van der Waals surface area contributed by atoms with Gasteiger partial charge in [-0.1, -0.05) is 0 Å². The summed E-state index contributed by atoms with van der Waals surface area (Å²) in [5.74, 6) is -2.70. The highest BCUT2D eigenvalue weighted by Gasteiger charge is 2.38. The zero-order valence-corrected chi connectivity index (χ0v) is 15.6.